The fourth-order valence-corrected chi connectivity index (χ4v) is 3.42. The second-order valence-electron chi connectivity index (χ2n) is 6.05. The van der Waals surface area contributed by atoms with Crippen molar-refractivity contribution in [1.29, 1.82) is 0 Å². The molecule has 0 fully saturated rings. The van der Waals surface area contributed by atoms with Crippen LogP contribution in [-0.4, -0.2) is 36.0 Å². The Kier molecular flexibility index (Phi) is 9.73. The van der Waals surface area contributed by atoms with Crippen molar-refractivity contribution in [1.82, 2.24) is 10.3 Å². The van der Waals surface area contributed by atoms with Gasteiger partial charge in [0.05, 0.1) is 16.7 Å². The van der Waals surface area contributed by atoms with Crippen molar-refractivity contribution in [3.05, 3.63) is 60.7 Å². The van der Waals surface area contributed by atoms with Crippen LogP contribution < -0.4 is 10.6 Å². The van der Waals surface area contributed by atoms with Crippen LogP contribution in [-0.2, 0) is 0 Å². The Bertz CT molecular complexity index is 1040. The van der Waals surface area contributed by atoms with Crippen LogP contribution in [0.5, 0.6) is 0 Å². The maximum atomic E-state index is 5.72. The second kappa shape index (κ2) is 11.2. The van der Waals surface area contributed by atoms with Gasteiger partial charge in [-0.3, -0.25) is 0 Å². The number of halogens is 3. The molecule has 0 amide bonds. The molecule has 4 rings (SSSR count). The highest BCUT2D eigenvalue weighted by molar-refractivity contribution is 6.18. The predicted molar refractivity (Wildman–Crippen MR) is 127 cm³/mol. The average Bonchev–Trinajstić information content (AvgIpc) is 2.67. The third-order valence-electron chi connectivity index (χ3n) is 4.45. The lowest BCUT2D eigenvalue weighted by Gasteiger charge is -2.14. The van der Waals surface area contributed by atoms with E-state index in [9.17, 15) is 0 Å². The van der Waals surface area contributed by atoms with Crippen LogP contribution in [0.25, 0.3) is 32.6 Å². The van der Waals surface area contributed by atoms with Crippen LogP contribution in [0.15, 0.2) is 60.7 Å². The molecule has 0 radical (unpaired) electrons. The normalized spacial score (nSPS) is 10.2. The van der Waals surface area contributed by atoms with Gasteiger partial charge >= 0.3 is 0 Å². The highest BCUT2D eigenvalue weighted by atomic mass is 35.5. The van der Waals surface area contributed by atoms with Gasteiger partial charge in [0.2, 0.25) is 0 Å². The number of anilines is 1. The first-order valence-electron chi connectivity index (χ1n) is 8.59. The monoisotopic (exact) mass is 439 g/mol. The molecule has 0 spiro atoms. The molecule has 7 heteroatoms. The van der Waals surface area contributed by atoms with Gasteiger partial charge < -0.3 is 16.1 Å². The summed E-state index contributed by atoms with van der Waals surface area (Å²) in [4.78, 5) is 4.95. The van der Waals surface area contributed by atoms with Crippen molar-refractivity contribution < 1.29 is 5.48 Å². The van der Waals surface area contributed by atoms with E-state index in [1.165, 1.54) is 10.8 Å². The number of hydrogen-bond acceptors (Lipinski definition) is 3. The summed E-state index contributed by atoms with van der Waals surface area (Å²) in [6, 6.07) is 21.1. The number of hydrogen-bond donors (Lipinski definition) is 2. The van der Waals surface area contributed by atoms with Gasteiger partial charge in [-0.1, -0.05) is 54.6 Å². The Labute approximate surface area is 181 Å². The molecule has 0 unspecified atom stereocenters. The summed E-state index contributed by atoms with van der Waals surface area (Å²) in [7, 11) is 0. The maximum absolute atomic E-state index is 5.72. The summed E-state index contributed by atoms with van der Waals surface area (Å²) in [5.41, 5.74) is 3.22. The molecular formula is C21H24Cl3N3O. The molecule has 0 aliphatic heterocycles. The van der Waals surface area contributed by atoms with Gasteiger partial charge in [-0.25, -0.2) is 4.98 Å². The highest BCUT2D eigenvalue weighted by Crippen LogP contribution is 2.34. The minimum Gasteiger partial charge on any atom is -0.412 e. The number of fused-ring (bicyclic) bond motifs is 4. The summed E-state index contributed by atoms with van der Waals surface area (Å²) in [6.07, 6.45) is 0. The van der Waals surface area contributed by atoms with Gasteiger partial charge in [0.25, 0.3) is 0 Å². The van der Waals surface area contributed by atoms with E-state index in [1.807, 2.05) is 6.07 Å². The molecule has 1 heterocycles. The Morgan fingerprint density at radius 2 is 1.46 bits per heavy atom. The van der Waals surface area contributed by atoms with Crippen molar-refractivity contribution >= 4 is 74.7 Å². The number of nitrogens with one attached hydrogen (secondary N) is 2. The third-order valence-corrected chi connectivity index (χ3v) is 4.64. The van der Waals surface area contributed by atoms with Crippen molar-refractivity contribution in [2.45, 2.75) is 0 Å². The topological polar surface area (TPSA) is 68.5 Å². The molecule has 0 bridgehead atoms. The summed E-state index contributed by atoms with van der Waals surface area (Å²) < 4.78 is 0. The lowest BCUT2D eigenvalue weighted by Crippen LogP contribution is -2.24. The SMILES string of the molecule is Cl.Cl.ClCCNCCNc1c2ccccc2nc2c1ccc1ccccc12.O. The number of rotatable bonds is 6. The smallest absolute Gasteiger partial charge is 0.0808 e. The Hall–Kier alpha value is -1.82. The van der Waals surface area contributed by atoms with Crippen LogP contribution in [0, 0.1) is 0 Å². The quantitative estimate of drug-likeness (QED) is 0.196. The first-order chi connectivity index (χ1) is 12.4. The summed E-state index contributed by atoms with van der Waals surface area (Å²) in [5, 5.41) is 11.7. The van der Waals surface area contributed by atoms with Gasteiger partial charge in [0.15, 0.2) is 0 Å². The van der Waals surface area contributed by atoms with Crippen LogP contribution in [0.3, 0.4) is 0 Å². The van der Waals surface area contributed by atoms with Crippen LogP contribution in [0.1, 0.15) is 0 Å². The van der Waals surface area contributed by atoms with Gasteiger partial charge in [0, 0.05) is 41.7 Å². The number of alkyl halides is 1. The van der Waals surface area contributed by atoms with E-state index in [2.05, 4.69) is 65.2 Å². The predicted octanol–water partition coefficient (Wildman–Crippen LogP) is 4.80. The van der Waals surface area contributed by atoms with E-state index in [0.717, 1.165) is 47.1 Å². The molecular weight excluding hydrogens is 417 g/mol. The van der Waals surface area contributed by atoms with Gasteiger partial charge in [-0.05, 0) is 11.5 Å². The van der Waals surface area contributed by atoms with E-state index in [1.54, 1.807) is 0 Å². The summed E-state index contributed by atoms with van der Waals surface area (Å²) >= 11 is 5.72. The Balaban J connectivity index is 0.00000131. The minimum absolute atomic E-state index is 0. The van der Waals surface area contributed by atoms with Crippen molar-refractivity contribution in [2.75, 3.05) is 30.8 Å². The summed E-state index contributed by atoms with van der Waals surface area (Å²) in [5.74, 6) is 0.632. The van der Waals surface area contributed by atoms with E-state index in [4.69, 9.17) is 16.6 Å². The first-order valence-corrected chi connectivity index (χ1v) is 9.13. The lowest BCUT2D eigenvalue weighted by atomic mass is 10.0. The molecule has 3 aromatic carbocycles. The Morgan fingerprint density at radius 1 is 0.750 bits per heavy atom. The number of pyridine rings is 1. The summed E-state index contributed by atoms with van der Waals surface area (Å²) in [6.45, 7) is 2.54. The van der Waals surface area contributed by atoms with E-state index >= 15 is 0 Å². The van der Waals surface area contributed by atoms with Crippen molar-refractivity contribution in [2.24, 2.45) is 0 Å². The standard InChI is InChI=1S/C21H20ClN3.2ClH.H2O/c22-11-12-23-13-14-24-20-17-7-3-4-8-19(17)25-21-16-6-2-1-5-15(16)9-10-18(20)21;;;/h1-10,23H,11-14H2,(H,24,25);2*1H;1H2. The largest absolute Gasteiger partial charge is 0.412 e. The van der Waals surface area contributed by atoms with Gasteiger partial charge in [0.1, 0.15) is 0 Å². The zero-order valence-electron chi connectivity index (χ0n) is 15.2. The number of nitrogens with zero attached hydrogens (tertiary/aromatic N) is 1. The first kappa shape index (κ1) is 24.2. The third kappa shape index (κ3) is 4.77. The highest BCUT2D eigenvalue weighted by Gasteiger charge is 2.10. The molecule has 28 heavy (non-hydrogen) atoms. The fraction of sp³-hybridized carbons (Fsp3) is 0.190. The minimum atomic E-state index is 0. The molecule has 0 aliphatic rings. The fourth-order valence-electron chi connectivity index (χ4n) is 3.28. The van der Waals surface area contributed by atoms with E-state index < -0.39 is 0 Å². The molecule has 4 nitrogen and oxygen atoms in total. The zero-order chi connectivity index (χ0) is 17.1. The number of benzene rings is 3. The van der Waals surface area contributed by atoms with Crippen LogP contribution in [0.2, 0.25) is 0 Å². The molecule has 0 atom stereocenters. The van der Waals surface area contributed by atoms with Crippen LogP contribution >= 0.6 is 36.4 Å². The molecule has 4 aromatic rings. The van der Waals surface area contributed by atoms with Gasteiger partial charge in [-0.2, -0.15) is 0 Å². The van der Waals surface area contributed by atoms with Crippen molar-refractivity contribution in [3.8, 4) is 0 Å². The van der Waals surface area contributed by atoms with Crippen molar-refractivity contribution in [3.63, 3.8) is 0 Å². The lowest BCUT2D eigenvalue weighted by molar-refractivity contribution is 0.743. The van der Waals surface area contributed by atoms with Gasteiger partial charge in [-0.15, -0.1) is 36.4 Å². The maximum Gasteiger partial charge on any atom is 0.0808 e. The molecule has 0 saturated carbocycles. The zero-order valence-corrected chi connectivity index (χ0v) is 17.6. The molecule has 0 aliphatic carbocycles. The molecule has 150 valence electrons. The average molecular weight is 441 g/mol. The van der Waals surface area contributed by atoms with E-state index in [-0.39, 0.29) is 30.3 Å². The van der Waals surface area contributed by atoms with E-state index in [0.29, 0.717) is 5.88 Å². The molecule has 1 aromatic heterocycles. The van der Waals surface area contributed by atoms with Crippen LogP contribution in [0.4, 0.5) is 5.69 Å². The molecule has 4 N–H and O–H groups in total. The molecule has 0 saturated heterocycles. The number of para-hydroxylation sites is 1. The Morgan fingerprint density at radius 3 is 2.25 bits per heavy atom. The second-order valence-corrected chi connectivity index (χ2v) is 6.43. The number of aromatic nitrogens is 1.